The van der Waals surface area contributed by atoms with Crippen LogP contribution >= 0.6 is 0 Å². The van der Waals surface area contributed by atoms with E-state index in [1.807, 2.05) is 6.92 Å². The Bertz CT molecular complexity index is 929. The predicted octanol–water partition coefficient (Wildman–Crippen LogP) is -0.206. The summed E-state index contributed by atoms with van der Waals surface area (Å²) in [4.78, 5) is 25.5. The largest absolute Gasteiger partial charge is 0.395 e. The molecule has 8 nitrogen and oxygen atoms in total. The van der Waals surface area contributed by atoms with E-state index in [2.05, 4.69) is 4.98 Å². The van der Waals surface area contributed by atoms with Crippen LogP contribution in [0.3, 0.4) is 0 Å². The molecule has 0 atom stereocenters. The van der Waals surface area contributed by atoms with Crippen molar-refractivity contribution in [3.05, 3.63) is 62.4 Å². The first-order valence-corrected chi connectivity index (χ1v) is 8.68. The molecule has 130 valence electrons. The number of benzene rings is 1. The Morgan fingerprint density at radius 3 is 2.38 bits per heavy atom. The van der Waals surface area contributed by atoms with Gasteiger partial charge in [-0.25, -0.2) is 13.2 Å². The maximum Gasteiger partial charge on any atom is 0.329 e. The number of aliphatic hydroxyl groups is 1. The Hall–Kier alpha value is -2.23. The lowest BCUT2D eigenvalue weighted by Gasteiger charge is -2.22. The summed E-state index contributed by atoms with van der Waals surface area (Å²) < 4.78 is 27.5. The number of aromatic amines is 1. The molecule has 2 aromatic rings. The molecule has 0 saturated heterocycles. The van der Waals surface area contributed by atoms with Gasteiger partial charge in [0.1, 0.15) is 0 Å². The Labute approximate surface area is 139 Å². The van der Waals surface area contributed by atoms with E-state index in [0.717, 1.165) is 14.4 Å². The fraction of sp³-hybridized carbons (Fsp3) is 0.333. The minimum absolute atomic E-state index is 0.0655. The van der Waals surface area contributed by atoms with Crippen LogP contribution in [0.4, 0.5) is 0 Å². The second-order valence-corrected chi connectivity index (χ2v) is 7.34. The minimum atomic E-state index is -3.90. The molecule has 0 aliphatic carbocycles. The van der Waals surface area contributed by atoms with E-state index in [0.29, 0.717) is 0 Å². The van der Waals surface area contributed by atoms with Crippen molar-refractivity contribution in [2.75, 3.05) is 13.2 Å². The van der Waals surface area contributed by atoms with Gasteiger partial charge in [-0.2, -0.15) is 4.31 Å². The summed E-state index contributed by atoms with van der Waals surface area (Å²) in [6.07, 6.45) is 1.29. The zero-order chi connectivity index (χ0) is 17.9. The first kappa shape index (κ1) is 18.1. The molecule has 1 aromatic heterocycles. The molecule has 1 heterocycles. The molecule has 0 amide bonds. The van der Waals surface area contributed by atoms with Crippen LogP contribution in [0.2, 0.25) is 0 Å². The lowest BCUT2D eigenvalue weighted by atomic mass is 10.2. The normalized spacial score (nSPS) is 11.8. The summed E-state index contributed by atoms with van der Waals surface area (Å²) >= 11 is 0. The van der Waals surface area contributed by atoms with Gasteiger partial charge in [0.05, 0.1) is 18.2 Å². The van der Waals surface area contributed by atoms with E-state index in [1.54, 1.807) is 12.1 Å². The second-order valence-electron chi connectivity index (χ2n) is 5.40. The van der Waals surface area contributed by atoms with Gasteiger partial charge in [0.25, 0.3) is 5.56 Å². The lowest BCUT2D eigenvalue weighted by molar-refractivity contribution is 0.233. The number of sulfonamides is 1. The van der Waals surface area contributed by atoms with Crippen molar-refractivity contribution in [2.45, 2.75) is 25.4 Å². The molecule has 0 aliphatic heterocycles. The van der Waals surface area contributed by atoms with Gasteiger partial charge in [0, 0.05) is 18.3 Å². The molecular weight excluding hydrogens is 334 g/mol. The fourth-order valence-electron chi connectivity index (χ4n) is 2.13. The van der Waals surface area contributed by atoms with E-state index >= 15 is 0 Å². The number of nitrogens with zero attached hydrogens (tertiary/aromatic N) is 2. The molecule has 0 radical (unpaired) electrons. The van der Waals surface area contributed by atoms with Crippen LogP contribution in [0.15, 0.2) is 44.9 Å². The molecule has 0 unspecified atom stereocenters. The molecule has 0 fully saturated rings. The molecule has 2 N–H and O–H groups in total. The molecular formula is C15H19N3O5S. The van der Waals surface area contributed by atoms with Gasteiger partial charge in [-0.3, -0.25) is 14.3 Å². The van der Waals surface area contributed by atoms with Crippen molar-refractivity contribution in [1.29, 1.82) is 0 Å². The molecule has 0 spiro atoms. The molecule has 2 rings (SSSR count). The third-order valence-corrected chi connectivity index (χ3v) is 5.35. The molecule has 9 heteroatoms. The molecule has 0 bridgehead atoms. The van der Waals surface area contributed by atoms with Gasteiger partial charge in [-0.05, 0) is 26.0 Å². The third-order valence-electron chi connectivity index (χ3n) is 3.51. The number of aromatic nitrogens is 2. The van der Waals surface area contributed by atoms with Gasteiger partial charge >= 0.3 is 5.69 Å². The zero-order valence-electron chi connectivity index (χ0n) is 13.4. The molecule has 1 aromatic carbocycles. The highest BCUT2D eigenvalue weighted by Gasteiger charge is 2.24. The van der Waals surface area contributed by atoms with E-state index in [9.17, 15) is 23.1 Å². The first-order chi connectivity index (χ1) is 11.3. The molecule has 0 aliphatic rings. The number of nitrogens with one attached hydrogen (secondary N) is 1. The minimum Gasteiger partial charge on any atom is -0.395 e. The fourth-order valence-corrected chi connectivity index (χ4v) is 3.51. The van der Waals surface area contributed by atoms with Crippen LogP contribution in [-0.2, 0) is 16.7 Å². The van der Waals surface area contributed by atoms with Crippen molar-refractivity contribution >= 4 is 10.0 Å². The Morgan fingerprint density at radius 2 is 1.79 bits per heavy atom. The van der Waals surface area contributed by atoms with E-state index in [-0.39, 0.29) is 23.7 Å². The average Bonchev–Trinajstić information content (AvgIpc) is 2.52. The third kappa shape index (κ3) is 3.81. The van der Waals surface area contributed by atoms with Crippen LogP contribution in [0.1, 0.15) is 11.1 Å². The average molecular weight is 353 g/mol. The predicted molar refractivity (Wildman–Crippen MR) is 88.2 cm³/mol. The lowest BCUT2D eigenvalue weighted by Crippen LogP contribution is -2.40. The number of hydrogen-bond donors (Lipinski definition) is 2. The Balaban J connectivity index is 2.42. The highest BCUT2D eigenvalue weighted by atomic mass is 32.2. The van der Waals surface area contributed by atoms with E-state index in [1.165, 1.54) is 25.3 Å². The maximum absolute atomic E-state index is 12.7. The van der Waals surface area contributed by atoms with Crippen LogP contribution in [-0.4, -0.2) is 40.5 Å². The highest BCUT2D eigenvalue weighted by molar-refractivity contribution is 7.89. The highest BCUT2D eigenvalue weighted by Crippen LogP contribution is 2.16. The van der Waals surface area contributed by atoms with Crippen LogP contribution < -0.4 is 11.2 Å². The molecule has 0 saturated carbocycles. The van der Waals surface area contributed by atoms with Crippen molar-refractivity contribution in [2.24, 2.45) is 0 Å². The number of hydrogen-bond acceptors (Lipinski definition) is 5. The number of aryl methyl sites for hydroxylation is 2. The Kier molecular flexibility index (Phi) is 5.37. The van der Waals surface area contributed by atoms with Crippen LogP contribution in [0, 0.1) is 13.8 Å². The summed E-state index contributed by atoms with van der Waals surface area (Å²) in [5.41, 5.74) is -0.0413. The van der Waals surface area contributed by atoms with Gasteiger partial charge in [-0.1, -0.05) is 17.7 Å². The van der Waals surface area contributed by atoms with Crippen molar-refractivity contribution in [3.63, 3.8) is 0 Å². The molecule has 24 heavy (non-hydrogen) atoms. The van der Waals surface area contributed by atoms with Crippen molar-refractivity contribution in [1.82, 2.24) is 13.9 Å². The summed E-state index contributed by atoms with van der Waals surface area (Å²) in [6, 6.07) is 6.27. The number of aliphatic hydroxyl groups excluding tert-OH is 1. The maximum atomic E-state index is 12.7. The van der Waals surface area contributed by atoms with Crippen LogP contribution in [0.5, 0.6) is 0 Å². The Morgan fingerprint density at radius 1 is 1.17 bits per heavy atom. The smallest absolute Gasteiger partial charge is 0.329 e. The standard InChI is InChI=1S/C15H19N3O5S/c1-11-3-5-13(6-4-11)24(22,23)18(7-8-19)10-17-9-12(2)14(20)16-15(17)21/h3-6,9,19H,7-8,10H2,1-2H3,(H,16,20,21). The van der Waals surface area contributed by atoms with Gasteiger partial charge in [0.15, 0.2) is 0 Å². The summed E-state index contributed by atoms with van der Waals surface area (Å²) in [6.45, 7) is 2.46. The quantitative estimate of drug-likeness (QED) is 0.746. The monoisotopic (exact) mass is 353 g/mol. The van der Waals surface area contributed by atoms with Crippen molar-refractivity contribution < 1.29 is 13.5 Å². The summed E-state index contributed by atoms with van der Waals surface area (Å²) in [7, 11) is -3.90. The zero-order valence-corrected chi connectivity index (χ0v) is 14.2. The van der Waals surface area contributed by atoms with Gasteiger partial charge in [-0.15, -0.1) is 0 Å². The number of rotatable bonds is 6. The van der Waals surface area contributed by atoms with Crippen LogP contribution in [0.25, 0.3) is 0 Å². The van der Waals surface area contributed by atoms with Gasteiger partial charge in [0.2, 0.25) is 10.0 Å². The van der Waals surface area contributed by atoms with E-state index < -0.39 is 27.9 Å². The van der Waals surface area contributed by atoms with Crippen molar-refractivity contribution in [3.8, 4) is 0 Å². The topological polar surface area (TPSA) is 112 Å². The first-order valence-electron chi connectivity index (χ1n) is 7.24. The summed E-state index contributed by atoms with van der Waals surface area (Å²) in [5, 5.41) is 9.19. The van der Waals surface area contributed by atoms with E-state index in [4.69, 9.17) is 0 Å². The second kappa shape index (κ2) is 7.12. The number of H-pyrrole nitrogens is 1. The SMILES string of the molecule is Cc1ccc(S(=O)(=O)N(CCO)Cn2cc(C)c(=O)[nH]c2=O)cc1. The summed E-state index contributed by atoms with van der Waals surface area (Å²) in [5.74, 6) is 0. The van der Waals surface area contributed by atoms with Gasteiger partial charge < -0.3 is 5.11 Å².